The van der Waals surface area contributed by atoms with Crippen LogP contribution < -0.4 is 4.74 Å². The van der Waals surface area contributed by atoms with Gasteiger partial charge in [-0.15, -0.1) is 0 Å². The average Bonchev–Trinajstić information content (AvgIpc) is 2.68. The fraction of sp³-hybridized carbons (Fsp3) is 0.300. The van der Waals surface area contributed by atoms with Crippen molar-refractivity contribution in [3.05, 3.63) is 66.0 Å². The zero-order chi connectivity index (χ0) is 18.4. The van der Waals surface area contributed by atoms with Crippen LogP contribution in [-0.2, 0) is 11.2 Å². The van der Waals surface area contributed by atoms with Crippen molar-refractivity contribution in [3.63, 3.8) is 0 Å². The number of hydrogen-bond donors (Lipinski definition) is 0. The minimum Gasteiger partial charge on any atom is -0.410 e. The summed E-state index contributed by atoms with van der Waals surface area (Å²) in [6, 6.07) is 15.4. The summed E-state index contributed by atoms with van der Waals surface area (Å²) in [7, 11) is 0. The van der Waals surface area contributed by atoms with Crippen molar-refractivity contribution in [1.29, 1.82) is 0 Å². The summed E-state index contributed by atoms with van der Waals surface area (Å²) in [5, 5.41) is 0. The summed E-state index contributed by atoms with van der Waals surface area (Å²) in [6.07, 6.45) is 0.228. The van der Waals surface area contributed by atoms with Gasteiger partial charge in [0.25, 0.3) is 0 Å². The van der Waals surface area contributed by atoms with Gasteiger partial charge in [0.15, 0.2) is 0 Å². The Hall–Kier alpha value is -2.89. The van der Waals surface area contributed by atoms with Crippen LogP contribution in [0.5, 0.6) is 5.75 Å². The maximum absolute atomic E-state index is 13.6. The van der Waals surface area contributed by atoms with Crippen LogP contribution in [-0.4, -0.2) is 48.0 Å². The van der Waals surface area contributed by atoms with Crippen molar-refractivity contribution >= 4 is 12.0 Å². The molecular weight excluding hydrogens is 335 g/mol. The van der Waals surface area contributed by atoms with Gasteiger partial charge in [-0.2, -0.15) is 0 Å². The number of nitrogens with zero attached hydrogens (tertiary/aromatic N) is 2. The molecule has 0 bridgehead atoms. The number of carbonyl (C=O) groups excluding carboxylic acids is 2. The maximum Gasteiger partial charge on any atom is 0.415 e. The van der Waals surface area contributed by atoms with Gasteiger partial charge < -0.3 is 14.5 Å². The lowest BCUT2D eigenvalue weighted by atomic mass is 10.1. The molecule has 1 fully saturated rings. The van der Waals surface area contributed by atoms with E-state index in [0.29, 0.717) is 43.9 Å². The van der Waals surface area contributed by atoms with Crippen LogP contribution >= 0.6 is 0 Å². The van der Waals surface area contributed by atoms with E-state index in [4.69, 9.17) is 4.74 Å². The van der Waals surface area contributed by atoms with Crippen molar-refractivity contribution in [1.82, 2.24) is 9.80 Å². The Morgan fingerprint density at radius 3 is 2.19 bits per heavy atom. The second-order valence-electron chi connectivity index (χ2n) is 6.14. The first-order valence-electron chi connectivity index (χ1n) is 8.66. The normalized spacial score (nSPS) is 14.2. The first kappa shape index (κ1) is 17.9. The summed E-state index contributed by atoms with van der Waals surface area (Å²) < 4.78 is 18.9. The molecule has 1 aliphatic heterocycles. The van der Waals surface area contributed by atoms with Crippen LogP contribution in [0, 0.1) is 5.82 Å². The molecule has 0 unspecified atom stereocenters. The number of ether oxygens (including phenoxy) is 1. The Kier molecular flexibility index (Phi) is 5.84. The highest BCUT2D eigenvalue weighted by Gasteiger charge is 2.25. The second kappa shape index (κ2) is 8.47. The fourth-order valence-electron chi connectivity index (χ4n) is 2.89. The molecule has 2 amide bonds. The molecule has 1 saturated heterocycles. The van der Waals surface area contributed by atoms with Gasteiger partial charge in [0, 0.05) is 32.6 Å². The maximum atomic E-state index is 13.6. The Bertz CT molecular complexity index is 759. The van der Waals surface area contributed by atoms with Crippen LogP contribution in [0.3, 0.4) is 0 Å². The molecule has 26 heavy (non-hydrogen) atoms. The summed E-state index contributed by atoms with van der Waals surface area (Å²) in [5.41, 5.74) is 0.547. The van der Waals surface area contributed by atoms with Gasteiger partial charge in [-0.1, -0.05) is 36.4 Å². The van der Waals surface area contributed by atoms with Crippen LogP contribution in [0.2, 0.25) is 0 Å². The Morgan fingerprint density at radius 2 is 1.50 bits per heavy atom. The Morgan fingerprint density at radius 1 is 0.885 bits per heavy atom. The Balaban J connectivity index is 1.45. The van der Waals surface area contributed by atoms with Crippen molar-refractivity contribution in [2.24, 2.45) is 0 Å². The molecule has 2 aromatic carbocycles. The Labute approximate surface area is 152 Å². The topological polar surface area (TPSA) is 49.9 Å². The van der Waals surface area contributed by atoms with E-state index in [2.05, 4.69) is 0 Å². The number of hydrogen-bond acceptors (Lipinski definition) is 3. The van der Waals surface area contributed by atoms with E-state index in [-0.39, 0.29) is 18.1 Å². The molecule has 136 valence electrons. The van der Waals surface area contributed by atoms with Crippen LogP contribution in [0.4, 0.5) is 9.18 Å². The smallest absolute Gasteiger partial charge is 0.410 e. The zero-order valence-corrected chi connectivity index (χ0v) is 14.4. The van der Waals surface area contributed by atoms with E-state index in [9.17, 15) is 14.0 Å². The predicted octanol–water partition coefficient (Wildman–Crippen LogP) is 3.10. The van der Waals surface area contributed by atoms with Crippen molar-refractivity contribution in [3.8, 4) is 5.75 Å². The predicted molar refractivity (Wildman–Crippen MR) is 95.3 cm³/mol. The number of para-hydroxylation sites is 1. The molecule has 0 spiro atoms. The SMILES string of the molecule is O=C(CCc1ccccc1F)N1CCN(C(=O)Oc2ccccc2)CC1. The number of rotatable bonds is 4. The highest BCUT2D eigenvalue weighted by Crippen LogP contribution is 2.13. The zero-order valence-electron chi connectivity index (χ0n) is 14.4. The van der Waals surface area contributed by atoms with Gasteiger partial charge in [0.2, 0.25) is 5.91 Å². The molecule has 2 aromatic rings. The molecule has 0 saturated carbocycles. The lowest BCUT2D eigenvalue weighted by molar-refractivity contribution is -0.132. The minimum atomic E-state index is -0.408. The van der Waals surface area contributed by atoms with Crippen LogP contribution in [0.1, 0.15) is 12.0 Å². The van der Waals surface area contributed by atoms with Gasteiger partial charge in [-0.05, 0) is 30.2 Å². The van der Waals surface area contributed by atoms with Crippen LogP contribution in [0.15, 0.2) is 54.6 Å². The summed E-state index contributed by atoms with van der Waals surface area (Å²) in [5.74, 6) is 0.194. The molecule has 1 heterocycles. The monoisotopic (exact) mass is 356 g/mol. The van der Waals surface area contributed by atoms with E-state index >= 15 is 0 Å². The van der Waals surface area contributed by atoms with E-state index in [1.807, 2.05) is 6.07 Å². The molecule has 3 rings (SSSR count). The highest BCUT2D eigenvalue weighted by molar-refractivity contribution is 5.77. The summed E-state index contributed by atoms with van der Waals surface area (Å²) >= 11 is 0. The van der Waals surface area contributed by atoms with Crippen molar-refractivity contribution < 1.29 is 18.7 Å². The molecule has 1 aliphatic rings. The van der Waals surface area contributed by atoms with Gasteiger partial charge in [0.1, 0.15) is 11.6 Å². The first-order valence-corrected chi connectivity index (χ1v) is 8.66. The molecule has 0 aromatic heterocycles. The number of aryl methyl sites for hydroxylation is 1. The lowest BCUT2D eigenvalue weighted by Gasteiger charge is -2.34. The number of halogens is 1. The number of piperazine rings is 1. The number of benzene rings is 2. The lowest BCUT2D eigenvalue weighted by Crippen LogP contribution is -2.51. The molecule has 0 aliphatic carbocycles. The van der Waals surface area contributed by atoms with Gasteiger partial charge in [-0.25, -0.2) is 9.18 Å². The van der Waals surface area contributed by atoms with Gasteiger partial charge in [0.05, 0.1) is 0 Å². The third kappa shape index (κ3) is 4.59. The second-order valence-corrected chi connectivity index (χ2v) is 6.14. The standard InChI is InChI=1S/C20H21FN2O3/c21-18-9-5-4-6-16(18)10-11-19(24)22-12-14-23(15-13-22)20(25)26-17-7-2-1-3-8-17/h1-9H,10-15H2. The van der Waals surface area contributed by atoms with E-state index in [1.165, 1.54) is 6.07 Å². The van der Waals surface area contributed by atoms with E-state index in [1.54, 1.807) is 52.3 Å². The molecular formula is C20H21FN2O3. The van der Waals surface area contributed by atoms with Gasteiger partial charge in [-0.3, -0.25) is 4.79 Å². The first-order chi connectivity index (χ1) is 12.6. The molecule has 0 atom stereocenters. The number of carbonyl (C=O) groups is 2. The minimum absolute atomic E-state index is 0.0238. The number of amides is 2. The molecule has 0 N–H and O–H groups in total. The fourth-order valence-corrected chi connectivity index (χ4v) is 2.89. The highest BCUT2D eigenvalue weighted by atomic mass is 19.1. The van der Waals surface area contributed by atoms with Crippen LogP contribution in [0.25, 0.3) is 0 Å². The third-order valence-corrected chi connectivity index (χ3v) is 4.40. The van der Waals surface area contributed by atoms with E-state index in [0.717, 1.165) is 0 Å². The van der Waals surface area contributed by atoms with E-state index < -0.39 is 6.09 Å². The van der Waals surface area contributed by atoms with Crippen molar-refractivity contribution in [2.75, 3.05) is 26.2 Å². The van der Waals surface area contributed by atoms with Gasteiger partial charge >= 0.3 is 6.09 Å². The van der Waals surface area contributed by atoms with Crippen molar-refractivity contribution in [2.45, 2.75) is 12.8 Å². The third-order valence-electron chi connectivity index (χ3n) is 4.40. The summed E-state index contributed by atoms with van der Waals surface area (Å²) in [6.45, 7) is 1.77. The quantitative estimate of drug-likeness (QED) is 0.846. The molecule has 0 radical (unpaired) electrons. The summed E-state index contributed by atoms with van der Waals surface area (Å²) in [4.78, 5) is 27.8. The average molecular weight is 356 g/mol. The molecule has 6 heteroatoms. The molecule has 5 nitrogen and oxygen atoms in total. The largest absolute Gasteiger partial charge is 0.415 e.